The molecule has 0 bridgehead atoms. The molecule has 23 heavy (non-hydrogen) atoms. The summed E-state index contributed by atoms with van der Waals surface area (Å²) < 4.78 is 0. The van der Waals surface area contributed by atoms with Crippen LogP contribution in [0.5, 0.6) is 0 Å². The second-order valence-electron chi connectivity index (χ2n) is 6.56. The Balaban J connectivity index is 1.49. The number of hydrogen-bond acceptors (Lipinski definition) is 5. The topological polar surface area (TPSA) is 61.4 Å². The van der Waals surface area contributed by atoms with Crippen LogP contribution in [0.2, 0.25) is 0 Å². The molecule has 2 aliphatic rings. The van der Waals surface area contributed by atoms with Crippen molar-refractivity contribution in [3.63, 3.8) is 0 Å². The van der Waals surface area contributed by atoms with Crippen LogP contribution < -0.4 is 10.2 Å². The molecule has 0 aromatic carbocycles. The van der Waals surface area contributed by atoms with Crippen LogP contribution in [0.15, 0.2) is 12.3 Å². The van der Waals surface area contributed by atoms with Gasteiger partial charge in [-0.2, -0.15) is 4.98 Å². The molecule has 0 saturated carbocycles. The predicted octanol–water partition coefficient (Wildman–Crippen LogP) is 2.14. The van der Waals surface area contributed by atoms with E-state index in [0.717, 1.165) is 51.3 Å². The van der Waals surface area contributed by atoms with E-state index in [1.807, 2.05) is 13.1 Å². The van der Waals surface area contributed by atoms with E-state index in [4.69, 9.17) is 0 Å². The van der Waals surface area contributed by atoms with Gasteiger partial charge in [-0.15, -0.1) is 0 Å². The standard InChI is InChI=1S/C17H27N5O/c1-18-17-19-8-5-15(20-17)21-11-6-14(7-12-21)13-16(23)22-9-3-2-4-10-22/h5,8,14H,2-4,6-7,9-13H2,1H3,(H,18,19,20). The van der Waals surface area contributed by atoms with Gasteiger partial charge in [0.15, 0.2) is 0 Å². The Morgan fingerprint density at radius 3 is 2.65 bits per heavy atom. The average molecular weight is 317 g/mol. The molecule has 0 radical (unpaired) electrons. The first kappa shape index (κ1) is 16.0. The molecule has 0 atom stereocenters. The van der Waals surface area contributed by atoms with Crippen molar-refractivity contribution in [3.05, 3.63) is 12.3 Å². The van der Waals surface area contributed by atoms with E-state index in [0.29, 0.717) is 17.8 Å². The van der Waals surface area contributed by atoms with Crippen LogP contribution in [0, 0.1) is 5.92 Å². The zero-order chi connectivity index (χ0) is 16.1. The van der Waals surface area contributed by atoms with Crippen molar-refractivity contribution in [1.29, 1.82) is 0 Å². The zero-order valence-electron chi connectivity index (χ0n) is 14.0. The van der Waals surface area contributed by atoms with Crippen LogP contribution in [0.4, 0.5) is 11.8 Å². The fourth-order valence-corrected chi connectivity index (χ4v) is 3.53. The molecule has 0 unspecified atom stereocenters. The second kappa shape index (κ2) is 7.62. The van der Waals surface area contributed by atoms with Crippen LogP contribution in [0.1, 0.15) is 38.5 Å². The van der Waals surface area contributed by atoms with Crippen molar-refractivity contribution < 1.29 is 4.79 Å². The maximum absolute atomic E-state index is 12.4. The highest BCUT2D eigenvalue weighted by molar-refractivity contribution is 5.76. The third kappa shape index (κ3) is 4.12. The number of piperidine rings is 2. The zero-order valence-corrected chi connectivity index (χ0v) is 14.0. The highest BCUT2D eigenvalue weighted by Gasteiger charge is 2.25. The fraction of sp³-hybridized carbons (Fsp3) is 0.706. The lowest BCUT2D eigenvalue weighted by atomic mass is 9.92. The summed E-state index contributed by atoms with van der Waals surface area (Å²) in [5.74, 6) is 2.52. The van der Waals surface area contributed by atoms with E-state index in [1.54, 1.807) is 6.20 Å². The number of carbonyl (C=O) groups is 1. The third-order valence-electron chi connectivity index (χ3n) is 4.98. The van der Waals surface area contributed by atoms with Gasteiger partial charge in [-0.05, 0) is 44.1 Å². The van der Waals surface area contributed by atoms with Gasteiger partial charge in [0.25, 0.3) is 0 Å². The molecule has 1 aromatic heterocycles. The van der Waals surface area contributed by atoms with Gasteiger partial charge in [0.05, 0.1) is 0 Å². The smallest absolute Gasteiger partial charge is 0.224 e. The maximum Gasteiger partial charge on any atom is 0.224 e. The van der Waals surface area contributed by atoms with Gasteiger partial charge in [0.1, 0.15) is 5.82 Å². The number of amides is 1. The number of rotatable bonds is 4. The molecule has 1 amide bonds. The number of anilines is 2. The van der Waals surface area contributed by atoms with Crippen LogP contribution >= 0.6 is 0 Å². The van der Waals surface area contributed by atoms with Gasteiger partial charge >= 0.3 is 0 Å². The number of nitrogens with zero attached hydrogens (tertiary/aromatic N) is 4. The summed E-state index contributed by atoms with van der Waals surface area (Å²) in [4.78, 5) is 25.4. The van der Waals surface area contributed by atoms with Crippen molar-refractivity contribution in [1.82, 2.24) is 14.9 Å². The Bertz CT molecular complexity index is 521. The van der Waals surface area contributed by atoms with E-state index in [1.165, 1.54) is 19.3 Å². The fourth-order valence-electron chi connectivity index (χ4n) is 3.53. The van der Waals surface area contributed by atoms with E-state index < -0.39 is 0 Å². The molecule has 2 aliphatic heterocycles. The summed E-state index contributed by atoms with van der Waals surface area (Å²) in [5, 5.41) is 2.98. The summed E-state index contributed by atoms with van der Waals surface area (Å²) in [7, 11) is 1.83. The van der Waals surface area contributed by atoms with Crippen LogP contribution in [0.3, 0.4) is 0 Å². The Labute approximate surface area is 138 Å². The summed E-state index contributed by atoms with van der Waals surface area (Å²) in [6.45, 7) is 3.87. The number of hydrogen-bond donors (Lipinski definition) is 1. The Morgan fingerprint density at radius 2 is 1.96 bits per heavy atom. The normalized spacial score (nSPS) is 19.7. The third-order valence-corrected chi connectivity index (χ3v) is 4.98. The lowest BCUT2D eigenvalue weighted by Gasteiger charge is -2.34. The minimum atomic E-state index is 0.364. The van der Waals surface area contributed by atoms with Crippen LogP contribution in [0.25, 0.3) is 0 Å². The number of nitrogens with one attached hydrogen (secondary N) is 1. The SMILES string of the molecule is CNc1nccc(N2CCC(CC(=O)N3CCCCC3)CC2)n1. The number of likely N-dealkylation sites (tertiary alicyclic amines) is 1. The van der Waals surface area contributed by atoms with Crippen molar-refractivity contribution >= 4 is 17.7 Å². The molecule has 2 saturated heterocycles. The predicted molar refractivity (Wildman–Crippen MR) is 91.6 cm³/mol. The molecule has 1 aromatic rings. The monoisotopic (exact) mass is 317 g/mol. The van der Waals surface area contributed by atoms with Crippen LogP contribution in [-0.4, -0.2) is 54.0 Å². The lowest BCUT2D eigenvalue weighted by molar-refractivity contribution is -0.133. The van der Waals surface area contributed by atoms with Crippen molar-refractivity contribution in [3.8, 4) is 0 Å². The number of aromatic nitrogens is 2. The molecule has 0 aliphatic carbocycles. The van der Waals surface area contributed by atoms with Gasteiger partial charge in [-0.1, -0.05) is 0 Å². The molecule has 6 heteroatoms. The minimum Gasteiger partial charge on any atom is -0.357 e. The van der Waals surface area contributed by atoms with Gasteiger partial charge in [-0.25, -0.2) is 4.98 Å². The first-order valence-corrected chi connectivity index (χ1v) is 8.80. The Morgan fingerprint density at radius 1 is 1.22 bits per heavy atom. The van der Waals surface area contributed by atoms with Crippen molar-refractivity contribution in [2.45, 2.75) is 38.5 Å². The van der Waals surface area contributed by atoms with Crippen molar-refractivity contribution in [2.75, 3.05) is 43.4 Å². The molecule has 1 N–H and O–H groups in total. The van der Waals surface area contributed by atoms with Gasteiger partial charge in [-0.3, -0.25) is 4.79 Å². The largest absolute Gasteiger partial charge is 0.357 e. The summed E-state index contributed by atoms with van der Waals surface area (Å²) in [6.07, 6.45) is 8.27. The van der Waals surface area contributed by atoms with Gasteiger partial charge in [0.2, 0.25) is 11.9 Å². The van der Waals surface area contributed by atoms with E-state index >= 15 is 0 Å². The van der Waals surface area contributed by atoms with Gasteiger partial charge in [0, 0.05) is 45.8 Å². The highest BCUT2D eigenvalue weighted by Crippen LogP contribution is 2.25. The summed E-state index contributed by atoms with van der Waals surface area (Å²) in [6, 6.07) is 1.96. The lowest BCUT2D eigenvalue weighted by Crippen LogP contribution is -2.39. The minimum absolute atomic E-state index is 0.364. The molecular formula is C17H27N5O. The molecule has 6 nitrogen and oxygen atoms in total. The Kier molecular flexibility index (Phi) is 5.31. The average Bonchev–Trinajstić information content (AvgIpc) is 2.63. The van der Waals surface area contributed by atoms with E-state index in [9.17, 15) is 4.79 Å². The highest BCUT2D eigenvalue weighted by atomic mass is 16.2. The van der Waals surface area contributed by atoms with Crippen molar-refractivity contribution in [2.24, 2.45) is 5.92 Å². The van der Waals surface area contributed by atoms with E-state index in [-0.39, 0.29) is 0 Å². The van der Waals surface area contributed by atoms with E-state index in [2.05, 4.69) is 25.1 Å². The summed E-state index contributed by atoms with van der Waals surface area (Å²) >= 11 is 0. The molecular weight excluding hydrogens is 290 g/mol. The molecule has 2 fully saturated rings. The maximum atomic E-state index is 12.4. The Hall–Kier alpha value is -1.85. The first-order chi connectivity index (χ1) is 11.3. The molecule has 3 heterocycles. The molecule has 126 valence electrons. The summed E-state index contributed by atoms with van der Waals surface area (Å²) in [5.41, 5.74) is 0. The van der Waals surface area contributed by atoms with Crippen LogP contribution in [-0.2, 0) is 4.79 Å². The quantitative estimate of drug-likeness (QED) is 0.922. The molecule has 0 spiro atoms. The second-order valence-corrected chi connectivity index (χ2v) is 6.56. The number of carbonyl (C=O) groups excluding carboxylic acids is 1. The van der Waals surface area contributed by atoms with Gasteiger partial charge < -0.3 is 15.1 Å². The molecule has 3 rings (SSSR count). The first-order valence-electron chi connectivity index (χ1n) is 8.80.